The number of anilines is 1. The largest absolute Gasteiger partial charge is 0.321 e. The van der Waals surface area contributed by atoms with E-state index in [0.717, 1.165) is 0 Å². The van der Waals surface area contributed by atoms with Gasteiger partial charge in [-0.1, -0.05) is 35.3 Å². The second kappa shape index (κ2) is 6.91. The molecule has 0 aliphatic rings. The van der Waals surface area contributed by atoms with Crippen LogP contribution in [0.3, 0.4) is 0 Å². The summed E-state index contributed by atoms with van der Waals surface area (Å²) in [6.07, 6.45) is 0. The van der Waals surface area contributed by atoms with Crippen molar-refractivity contribution in [3.63, 3.8) is 0 Å². The van der Waals surface area contributed by atoms with E-state index in [1.54, 1.807) is 38.1 Å². The molecule has 1 N–H and O–H groups in total. The molecule has 2 aromatic carbocycles. The van der Waals surface area contributed by atoms with Gasteiger partial charge in [0.25, 0.3) is 5.91 Å². The predicted molar refractivity (Wildman–Crippen MR) is 93.2 cm³/mol. The number of carbonyl (C=O) groups excluding carboxylic acids is 1. The van der Waals surface area contributed by atoms with E-state index in [0.29, 0.717) is 15.7 Å². The molecule has 7 heteroatoms. The van der Waals surface area contributed by atoms with Crippen molar-refractivity contribution in [2.45, 2.75) is 24.0 Å². The highest BCUT2D eigenvalue weighted by Gasteiger charge is 2.25. The molecular weight excluding hydrogens is 357 g/mol. The fraction of sp³-hybridized carbons (Fsp3) is 0.188. The standard InChI is InChI=1S/C16H15Cl2NO3S/c1-10(2)23(21,22)15-6-4-3-5-12(15)16(20)19-14-9-11(17)7-8-13(14)18/h3-10H,1-2H3,(H,19,20). The summed E-state index contributed by atoms with van der Waals surface area (Å²) >= 11 is 11.9. The maximum atomic E-state index is 12.5. The molecule has 1 amide bonds. The second-order valence-electron chi connectivity index (χ2n) is 5.17. The van der Waals surface area contributed by atoms with Crippen LogP contribution in [0.25, 0.3) is 0 Å². The zero-order valence-corrected chi connectivity index (χ0v) is 14.8. The van der Waals surface area contributed by atoms with Crippen LogP contribution in [0, 0.1) is 0 Å². The number of benzene rings is 2. The minimum atomic E-state index is -3.58. The Morgan fingerprint density at radius 3 is 2.39 bits per heavy atom. The van der Waals surface area contributed by atoms with Gasteiger partial charge < -0.3 is 5.32 Å². The van der Waals surface area contributed by atoms with Gasteiger partial charge in [-0.25, -0.2) is 8.42 Å². The zero-order valence-electron chi connectivity index (χ0n) is 12.5. The highest BCUT2D eigenvalue weighted by Crippen LogP contribution is 2.27. The highest BCUT2D eigenvalue weighted by atomic mass is 35.5. The third-order valence-corrected chi connectivity index (χ3v) is 6.01. The first-order valence-electron chi connectivity index (χ1n) is 6.83. The lowest BCUT2D eigenvalue weighted by atomic mass is 10.2. The normalized spacial score (nSPS) is 11.5. The summed E-state index contributed by atoms with van der Waals surface area (Å²) in [6, 6.07) is 10.7. The Morgan fingerprint density at radius 1 is 1.09 bits per heavy atom. The Hall–Kier alpha value is -1.56. The number of sulfone groups is 1. The van der Waals surface area contributed by atoms with Gasteiger partial charge in [0.1, 0.15) is 0 Å². The van der Waals surface area contributed by atoms with Crippen molar-refractivity contribution in [1.29, 1.82) is 0 Å². The first-order valence-corrected chi connectivity index (χ1v) is 9.13. The molecule has 0 unspecified atom stereocenters. The van der Waals surface area contributed by atoms with E-state index >= 15 is 0 Å². The number of nitrogens with one attached hydrogen (secondary N) is 1. The van der Waals surface area contributed by atoms with Gasteiger partial charge in [0.15, 0.2) is 9.84 Å². The van der Waals surface area contributed by atoms with Gasteiger partial charge in [0, 0.05) is 5.02 Å². The van der Waals surface area contributed by atoms with Crippen molar-refractivity contribution >= 4 is 44.6 Å². The maximum Gasteiger partial charge on any atom is 0.257 e. The summed E-state index contributed by atoms with van der Waals surface area (Å²) < 4.78 is 24.8. The van der Waals surface area contributed by atoms with E-state index in [-0.39, 0.29) is 10.5 Å². The van der Waals surface area contributed by atoms with Gasteiger partial charge in [-0.3, -0.25) is 4.79 Å². The Kier molecular flexibility index (Phi) is 5.34. The van der Waals surface area contributed by atoms with Crippen LogP contribution in [0.4, 0.5) is 5.69 Å². The highest BCUT2D eigenvalue weighted by molar-refractivity contribution is 7.92. The molecule has 0 aliphatic carbocycles. The molecule has 0 atom stereocenters. The van der Waals surface area contributed by atoms with Gasteiger partial charge in [0.05, 0.1) is 26.4 Å². The number of halogens is 2. The molecule has 2 aromatic rings. The van der Waals surface area contributed by atoms with Crippen molar-refractivity contribution in [3.8, 4) is 0 Å². The zero-order chi connectivity index (χ0) is 17.2. The summed E-state index contributed by atoms with van der Waals surface area (Å²) in [5.41, 5.74) is 0.387. The fourth-order valence-electron chi connectivity index (χ4n) is 1.94. The van der Waals surface area contributed by atoms with Gasteiger partial charge in [-0.2, -0.15) is 0 Å². The molecule has 0 aliphatic heterocycles. The van der Waals surface area contributed by atoms with E-state index in [9.17, 15) is 13.2 Å². The molecule has 0 spiro atoms. The summed E-state index contributed by atoms with van der Waals surface area (Å²) in [5, 5.41) is 2.69. The van der Waals surface area contributed by atoms with Crippen molar-refractivity contribution in [2.75, 3.05) is 5.32 Å². The van der Waals surface area contributed by atoms with Crippen LogP contribution in [-0.4, -0.2) is 19.6 Å². The summed E-state index contributed by atoms with van der Waals surface area (Å²) in [4.78, 5) is 12.5. The topological polar surface area (TPSA) is 63.2 Å². The lowest BCUT2D eigenvalue weighted by Crippen LogP contribution is -2.20. The molecule has 2 rings (SSSR count). The monoisotopic (exact) mass is 371 g/mol. The Bertz CT molecular complexity index is 848. The lowest BCUT2D eigenvalue weighted by molar-refractivity contribution is 0.102. The maximum absolute atomic E-state index is 12.5. The number of rotatable bonds is 4. The van der Waals surface area contributed by atoms with Crippen molar-refractivity contribution in [1.82, 2.24) is 0 Å². The number of hydrogen-bond donors (Lipinski definition) is 1. The fourth-order valence-corrected chi connectivity index (χ4v) is 3.52. The third-order valence-electron chi connectivity index (χ3n) is 3.24. The minimum absolute atomic E-state index is 0.00866. The first kappa shape index (κ1) is 17.8. The lowest BCUT2D eigenvalue weighted by Gasteiger charge is -2.13. The van der Waals surface area contributed by atoms with E-state index in [4.69, 9.17) is 23.2 Å². The molecule has 0 heterocycles. The summed E-state index contributed by atoms with van der Waals surface area (Å²) in [6.45, 7) is 3.13. The average molecular weight is 372 g/mol. The van der Waals surface area contributed by atoms with E-state index in [1.165, 1.54) is 18.2 Å². The van der Waals surface area contributed by atoms with Crippen LogP contribution >= 0.6 is 23.2 Å². The third kappa shape index (κ3) is 3.86. The van der Waals surface area contributed by atoms with Crippen LogP contribution < -0.4 is 5.32 Å². The Labute approximate surface area is 145 Å². The molecule has 23 heavy (non-hydrogen) atoms. The van der Waals surface area contributed by atoms with Crippen LogP contribution in [0.1, 0.15) is 24.2 Å². The van der Waals surface area contributed by atoms with Crippen molar-refractivity contribution < 1.29 is 13.2 Å². The quantitative estimate of drug-likeness (QED) is 0.864. The minimum Gasteiger partial charge on any atom is -0.321 e. The smallest absolute Gasteiger partial charge is 0.257 e. The van der Waals surface area contributed by atoms with E-state index in [1.807, 2.05) is 0 Å². The van der Waals surface area contributed by atoms with Gasteiger partial charge in [-0.05, 0) is 44.2 Å². The van der Waals surface area contributed by atoms with Crippen molar-refractivity contribution in [2.24, 2.45) is 0 Å². The molecule has 122 valence electrons. The molecule has 0 fully saturated rings. The van der Waals surface area contributed by atoms with Crippen LogP contribution in [0.5, 0.6) is 0 Å². The van der Waals surface area contributed by atoms with Crippen LogP contribution in [0.2, 0.25) is 10.0 Å². The molecule has 0 saturated carbocycles. The van der Waals surface area contributed by atoms with Crippen molar-refractivity contribution in [3.05, 3.63) is 58.1 Å². The van der Waals surface area contributed by atoms with E-state index in [2.05, 4.69) is 5.32 Å². The van der Waals surface area contributed by atoms with Crippen LogP contribution in [0.15, 0.2) is 47.4 Å². The number of carbonyl (C=O) groups is 1. The summed E-state index contributed by atoms with van der Waals surface area (Å²) in [7, 11) is -3.58. The molecular formula is C16H15Cl2NO3S. The number of amides is 1. The van der Waals surface area contributed by atoms with E-state index < -0.39 is 21.0 Å². The summed E-state index contributed by atoms with van der Waals surface area (Å²) in [5.74, 6) is -0.561. The SMILES string of the molecule is CC(C)S(=O)(=O)c1ccccc1C(=O)Nc1cc(Cl)ccc1Cl. The molecule has 4 nitrogen and oxygen atoms in total. The van der Waals surface area contributed by atoms with Crippen LogP contribution in [-0.2, 0) is 9.84 Å². The van der Waals surface area contributed by atoms with Gasteiger partial charge >= 0.3 is 0 Å². The molecule has 0 radical (unpaired) electrons. The predicted octanol–water partition coefficient (Wildman–Crippen LogP) is 4.43. The first-order chi connectivity index (χ1) is 10.7. The molecule has 0 saturated heterocycles. The Morgan fingerprint density at radius 2 is 1.74 bits per heavy atom. The van der Waals surface area contributed by atoms with Gasteiger partial charge in [0.2, 0.25) is 0 Å². The van der Waals surface area contributed by atoms with Gasteiger partial charge in [-0.15, -0.1) is 0 Å². The molecule has 0 aromatic heterocycles. The molecule has 0 bridgehead atoms. The second-order valence-corrected chi connectivity index (χ2v) is 8.48. The number of hydrogen-bond acceptors (Lipinski definition) is 3. The average Bonchev–Trinajstić information content (AvgIpc) is 2.50. The Balaban J connectivity index is 2.43.